The summed E-state index contributed by atoms with van der Waals surface area (Å²) in [6, 6.07) is 4.07. The molecular weight excluding hydrogens is 242 g/mol. The predicted molar refractivity (Wildman–Crippen MR) is 65.2 cm³/mol. The van der Waals surface area contributed by atoms with Gasteiger partial charge in [-0.25, -0.2) is 13.8 Å². The molecule has 1 aromatic carbocycles. The van der Waals surface area contributed by atoms with Gasteiger partial charge in [-0.05, 0) is 18.6 Å². The molecule has 0 bridgehead atoms. The molecule has 0 saturated heterocycles. The number of rotatable bonds is 4. The minimum absolute atomic E-state index is 0.163. The molecule has 2 rings (SSSR count). The van der Waals surface area contributed by atoms with E-state index >= 15 is 0 Å². The van der Waals surface area contributed by atoms with Crippen LogP contribution >= 0.6 is 11.3 Å². The molecule has 0 aliphatic rings. The standard InChI is InChI=1S/C12H12F2N2S/c1-2-11-16-8(7-17-11)6-15-10-5-3-4-9(13)12(10)14/h3-5,7,15H,2,6H2,1H3. The Kier molecular flexibility index (Phi) is 3.68. The van der Waals surface area contributed by atoms with Crippen LogP contribution < -0.4 is 5.32 Å². The van der Waals surface area contributed by atoms with Crippen molar-refractivity contribution in [3.8, 4) is 0 Å². The predicted octanol–water partition coefficient (Wildman–Crippen LogP) is 3.60. The molecule has 17 heavy (non-hydrogen) atoms. The van der Waals surface area contributed by atoms with Gasteiger partial charge in [0.2, 0.25) is 0 Å². The summed E-state index contributed by atoms with van der Waals surface area (Å²) in [4.78, 5) is 4.34. The van der Waals surface area contributed by atoms with Crippen molar-refractivity contribution in [2.24, 2.45) is 0 Å². The Bertz CT molecular complexity index is 511. The third-order valence-corrected chi connectivity index (χ3v) is 3.36. The summed E-state index contributed by atoms with van der Waals surface area (Å²) < 4.78 is 26.3. The van der Waals surface area contributed by atoms with E-state index in [9.17, 15) is 8.78 Å². The molecule has 0 atom stereocenters. The summed E-state index contributed by atoms with van der Waals surface area (Å²) in [7, 11) is 0. The van der Waals surface area contributed by atoms with Crippen molar-refractivity contribution >= 4 is 17.0 Å². The first-order valence-electron chi connectivity index (χ1n) is 5.32. The summed E-state index contributed by atoms with van der Waals surface area (Å²) in [6.45, 7) is 2.43. The maximum absolute atomic E-state index is 13.3. The average Bonchev–Trinajstić information content (AvgIpc) is 2.79. The summed E-state index contributed by atoms with van der Waals surface area (Å²) >= 11 is 1.57. The second-order valence-electron chi connectivity index (χ2n) is 3.54. The Hall–Kier alpha value is -1.49. The highest BCUT2D eigenvalue weighted by Gasteiger charge is 2.07. The lowest BCUT2D eigenvalue weighted by Gasteiger charge is -2.05. The number of thiazole rings is 1. The summed E-state index contributed by atoms with van der Waals surface area (Å²) in [5.41, 5.74) is 1.01. The Labute approximate surface area is 102 Å². The van der Waals surface area contributed by atoms with E-state index in [0.29, 0.717) is 6.54 Å². The van der Waals surface area contributed by atoms with Gasteiger partial charge in [0.1, 0.15) is 0 Å². The van der Waals surface area contributed by atoms with Crippen molar-refractivity contribution in [2.45, 2.75) is 19.9 Å². The van der Waals surface area contributed by atoms with Gasteiger partial charge in [0.15, 0.2) is 11.6 Å². The molecule has 90 valence electrons. The van der Waals surface area contributed by atoms with Gasteiger partial charge in [-0.15, -0.1) is 11.3 Å². The van der Waals surface area contributed by atoms with Gasteiger partial charge in [-0.3, -0.25) is 0 Å². The molecule has 0 aliphatic carbocycles. The number of anilines is 1. The average molecular weight is 254 g/mol. The molecule has 0 spiro atoms. The normalized spacial score (nSPS) is 10.5. The lowest BCUT2D eigenvalue weighted by atomic mass is 10.3. The Morgan fingerprint density at radius 1 is 1.35 bits per heavy atom. The third kappa shape index (κ3) is 2.79. The van der Waals surface area contributed by atoms with Gasteiger partial charge < -0.3 is 5.32 Å². The van der Waals surface area contributed by atoms with E-state index in [-0.39, 0.29) is 5.69 Å². The zero-order chi connectivity index (χ0) is 12.3. The molecule has 0 aliphatic heterocycles. The van der Waals surface area contributed by atoms with Crippen molar-refractivity contribution in [3.05, 3.63) is 45.9 Å². The first-order valence-corrected chi connectivity index (χ1v) is 6.20. The highest BCUT2D eigenvalue weighted by Crippen LogP contribution is 2.18. The fraction of sp³-hybridized carbons (Fsp3) is 0.250. The zero-order valence-corrected chi connectivity index (χ0v) is 10.2. The Morgan fingerprint density at radius 2 is 2.18 bits per heavy atom. The maximum Gasteiger partial charge on any atom is 0.181 e. The molecular formula is C12H12F2N2S. The highest BCUT2D eigenvalue weighted by atomic mass is 32.1. The van der Waals surface area contributed by atoms with E-state index in [1.165, 1.54) is 12.1 Å². The maximum atomic E-state index is 13.3. The van der Waals surface area contributed by atoms with Crippen molar-refractivity contribution in [1.29, 1.82) is 0 Å². The van der Waals surface area contributed by atoms with Gasteiger partial charge in [-0.1, -0.05) is 13.0 Å². The van der Waals surface area contributed by atoms with Crippen LogP contribution in [0.15, 0.2) is 23.6 Å². The van der Waals surface area contributed by atoms with Gasteiger partial charge >= 0.3 is 0 Å². The fourth-order valence-corrected chi connectivity index (χ4v) is 2.16. The number of benzene rings is 1. The van der Waals surface area contributed by atoms with Crippen LogP contribution in [0.3, 0.4) is 0 Å². The second-order valence-corrected chi connectivity index (χ2v) is 4.48. The first-order chi connectivity index (χ1) is 8.20. The Morgan fingerprint density at radius 3 is 2.88 bits per heavy atom. The van der Waals surface area contributed by atoms with Crippen LogP contribution in [0.1, 0.15) is 17.6 Å². The summed E-state index contributed by atoms with van der Waals surface area (Å²) in [5.74, 6) is -1.69. The van der Waals surface area contributed by atoms with Gasteiger partial charge in [0.25, 0.3) is 0 Å². The molecule has 0 radical (unpaired) electrons. The third-order valence-electron chi connectivity index (χ3n) is 2.31. The molecule has 1 aromatic heterocycles. The highest BCUT2D eigenvalue weighted by molar-refractivity contribution is 7.09. The van der Waals surface area contributed by atoms with Crippen molar-refractivity contribution in [1.82, 2.24) is 4.98 Å². The lowest BCUT2D eigenvalue weighted by Crippen LogP contribution is -2.03. The number of nitrogens with one attached hydrogen (secondary N) is 1. The van der Waals surface area contributed by atoms with Crippen molar-refractivity contribution in [2.75, 3.05) is 5.32 Å². The molecule has 0 fully saturated rings. The summed E-state index contributed by atoms with van der Waals surface area (Å²) in [6.07, 6.45) is 0.888. The number of aromatic nitrogens is 1. The largest absolute Gasteiger partial charge is 0.377 e. The van der Waals surface area contributed by atoms with E-state index in [0.717, 1.165) is 23.2 Å². The van der Waals surface area contributed by atoms with Crippen LogP contribution in [-0.2, 0) is 13.0 Å². The fourth-order valence-electron chi connectivity index (χ4n) is 1.42. The Balaban J connectivity index is 2.04. The number of halogens is 2. The number of aryl methyl sites for hydroxylation is 1. The molecule has 2 nitrogen and oxygen atoms in total. The molecule has 0 saturated carbocycles. The minimum Gasteiger partial charge on any atom is -0.377 e. The van der Waals surface area contributed by atoms with Gasteiger partial charge in [0.05, 0.1) is 22.9 Å². The molecule has 0 unspecified atom stereocenters. The monoisotopic (exact) mass is 254 g/mol. The zero-order valence-electron chi connectivity index (χ0n) is 9.34. The molecule has 5 heteroatoms. The molecule has 0 amide bonds. The number of hydrogen-bond donors (Lipinski definition) is 1. The molecule has 2 aromatic rings. The van der Waals surface area contributed by atoms with Crippen LogP contribution in [0.2, 0.25) is 0 Å². The van der Waals surface area contributed by atoms with Crippen LogP contribution in [0.25, 0.3) is 0 Å². The van der Waals surface area contributed by atoms with Crippen LogP contribution in [0.5, 0.6) is 0 Å². The number of hydrogen-bond acceptors (Lipinski definition) is 3. The van der Waals surface area contributed by atoms with Crippen molar-refractivity contribution in [3.63, 3.8) is 0 Å². The van der Waals surface area contributed by atoms with E-state index in [4.69, 9.17) is 0 Å². The smallest absolute Gasteiger partial charge is 0.181 e. The molecule has 1 heterocycles. The van der Waals surface area contributed by atoms with Crippen LogP contribution in [0.4, 0.5) is 14.5 Å². The van der Waals surface area contributed by atoms with E-state index in [1.807, 2.05) is 12.3 Å². The quantitative estimate of drug-likeness (QED) is 0.901. The van der Waals surface area contributed by atoms with Crippen LogP contribution in [-0.4, -0.2) is 4.98 Å². The first kappa shape index (κ1) is 12.0. The number of nitrogens with zero attached hydrogens (tertiary/aromatic N) is 1. The lowest BCUT2D eigenvalue weighted by molar-refractivity contribution is 0.511. The van der Waals surface area contributed by atoms with E-state index < -0.39 is 11.6 Å². The summed E-state index contributed by atoms with van der Waals surface area (Å²) in [5, 5.41) is 5.80. The minimum atomic E-state index is -0.849. The SMILES string of the molecule is CCc1nc(CNc2cccc(F)c2F)cs1. The van der Waals surface area contributed by atoms with Gasteiger partial charge in [-0.2, -0.15) is 0 Å². The van der Waals surface area contributed by atoms with E-state index in [2.05, 4.69) is 10.3 Å². The van der Waals surface area contributed by atoms with Crippen LogP contribution in [0, 0.1) is 11.6 Å². The molecule has 1 N–H and O–H groups in total. The second kappa shape index (κ2) is 5.23. The van der Waals surface area contributed by atoms with Crippen molar-refractivity contribution < 1.29 is 8.78 Å². The van der Waals surface area contributed by atoms with Gasteiger partial charge in [0, 0.05) is 5.38 Å². The van der Waals surface area contributed by atoms with E-state index in [1.54, 1.807) is 11.3 Å². The topological polar surface area (TPSA) is 24.9 Å².